The van der Waals surface area contributed by atoms with Gasteiger partial charge in [0.15, 0.2) is 5.43 Å². The van der Waals surface area contributed by atoms with Crippen molar-refractivity contribution < 1.29 is 0 Å². The van der Waals surface area contributed by atoms with Gasteiger partial charge in [0.1, 0.15) is 0 Å². The summed E-state index contributed by atoms with van der Waals surface area (Å²) in [4.78, 5) is 21.4. The molecule has 0 saturated carbocycles. The number of nitrogens with zero attached hydrogens (tertiary/aromatic N) is 2. The van der Waals surface area contributed by atoms with Gasteiger partial charge in [0, 0.05) is 60.6 Å². The van der Waals surface area contributed by atoms with Gasteiger partial charge in [-0.2, -0.15) is 0 Å². The standard InChI is InChI=1S/C23H27N3O/c1-3-18-9-10-22-20(15-18)23(27)21(17(2)24-22)16-25-11-13-26(14-12-25)19-7-5-4-6-8-19/h4-10,15H,3,11-14,16H2,1-2H3,(H,24,27). The molecule has 4 rings (SSSR count). The maximum absolute atomic E-state index is 13.1. The molecule has 4 nitrogen and oxygen atoms in total. The molecule has 0 unspecified atom stereocenters. The van der Waals surface area contributed by atoms with E-state index in [0.29, 0.717) is 0 Å². The summed E-state index contributed by atoms with van der Waals surface area (Å²) in [7, 11) is 0. The van der Waals surface area contributed by atoms with E-state index < -0.39 is 0 Å². The lowest BCUT2D eigenvalue weighted by atomic mass is 10.0. The Balaban J connectivity index is 1.53. The molecule has 140 valence electrons. The van der Waals surface area contributed by atoms with Crippen LogP contribution in [0.5, 0.6) is 0 Å². The van der Waals surface area contributed by atoms with E-state index in [0.717, 1.165) is 61.3 Å². The van der Waals surface area contributed by atoms with Crippen LogP contribution >= 0.6 is 0 Å². The highest BCUT2D eigenvalue weighted by atomic mass is 16.1. The SMILES string of the molecule is CCc1ccc2[nH]c(C)c(CN3CCN(c4ccccc4)CC3)c(=O)c2c1. The Morgan fingerprint density at radius 1 is 1.00 bits per heavy atom. The molecule has 27 heavy (non-hydrogen) atoms. The van der Waals surface area contributed by atoms with Crippen LogP contribution in [-0.2, 0) is 13.0 Å². The van der Waals surface area contributed by atoms with Crippen molar-refractivity contribution in [2.75, 3.05) is 31.1 Å². The number of aromatic nitrogens is 1. The third-order valence-electron chi connectivity index (χ3n) is 5.66. The van der Waals surface area contributed by atoms with E-state index >= 15 is 0 Å². The molecule has 2 aromatic carbocycles. The minimum Gasteiger partial charge on any atom is -0.369 e. The number of hydrogen-bond acceptors (Lipinski definition) is 3. The molecule has 1 N–H and O–H groups in total. The summed E-state index contributed by atoms with van der Waals surface area (Å²) in [6.45, 7) is 8.79. The van der Waals surface area contributed by atoms with Crippen LogP contribution in [0.15, 0.2) is 53.3 Å². The number of aryl methyl sites for hydroxylation is 2. The number of hydrogen-bond donors (Lipinski definition) is 1. The van der Waals surface area contributed by atoms with Gasteiger partial charge in [-0.1, -0.05) is 31.2 Å². The fourth-order valence-corrected chi connectivity index (χ4v) is 3.94. The summed E-state index contributed by atoms with van der Waals surface area (Å²) in [5, 5.41) is 0.817. The first-order valence-electron chi connectivity index (χ1n) is 9.82. The number of nitrogens with one attached hydrogen (secondary N) is 1. The number of anilines is 1. The number of fused-ring (bicyclic) bond motifs is 1. The van der Waals surface area contributed by atoms with E-state index in [2.05, 4.69) is 58.1 Å². The number of piperazine rings is 1. The van der Waals surface area contributed by atoms with Crippen molar-refractivity contribution in [1.82, 2.24) is 9.88 Å². The lowest BCUT2D eigenvalue weighted by molar-refractivity contribution is 0.248. The van der Waals surface area contributed by atoms with Crippen LogP contribution in [0.2, 0.25) is 0 Å². The molecule has 1 aliphatic heterocycles. The topological polar surface area (TPSA) is 39.3 Å². The molecule has 2 heterocycles. The summed E-state index contributed by atoms with van der Waals surface area (Å²) in [5.74, 6) is 0. The van der Waals surface area contributed by atoms with Crippen LogP contribution in [0, 0.1) is 6.92 Å². The zero-order valence-corrected chi connectivity index (χ0v) is 16.2. The first kappa shape index (κ1) is 17.8. The molecule has 0 spiro atoms. The molecule has 0 aliphatic carbocycles. The van der Waals surface area contributed by atoms with E-state index in [1.54, 1.807) is 0 Å². The van der Waals surface area contributed by atoms with E-state index in [-0.39, 0.29) is 5.43 Å². The van der Waals surface area contributed by atoms with Crippen LogP contribution in [-0.4, -0.2) is 36.1 Å². The van der Waals surface area contributed by atoms with Crippen LogP contribution in [0.25, 0.3) is 10.9 Å². The van der Waals surface area contributed by atoms with E-state index in [4.69, 9.17) is 0 Å². The second-order valence-corrected chi connectivity index (χ2v) is 7.39. The highest BCUT2D eigenvalue weighted by molar-refractivity contribution is 5.80. The minimum atomic E-state index is 0.182. The lowest BCUT2D eigenvalue weighted by Gasteiger charge is -2.36. The van der Waals surface area contributed by atoms with Crippen molar-refractivity contribution in [2.24, 2.45) is 0 Å². The molecular weight excluding hydrogens is 334 g/mol. The quantitative estimate of drug-likeness (QED) is 0.770. The van der Waals surface area contributed by atoms with Gasteiger partial charge in [-0.3, -0.25) is 9.69 Å². The van der Waals surface area contributed by atoms with Gasteiger partial charge in [0.25, 0.3) is 0 Å². The van der Waals surface area contributed by atoms with Gasteiger partial charge < -0.3 is 9.88 Å². The first-order chi connectivity index (χ1) is 13.2. The Hall–Kier alpha value is -2.59. The third-order valence-corrected chi connectivity index (χ3v) is 5.66. The average Bonchev–Trinajstić information content (AvgIpc) is 2.72. The molecule has 3 aromatic rings. The summed E-state index contributed by atoms with van der Waals surface area (Å²) in [5.41, 5.74) is 5.50. The van der Waals surface area contributed by atoms with Crippen molar-refractivity contribution in [3.8, 4) is 0 Å². The molecule has 1 fully saturated rings. The zero-order chi connectivity index (χ0) is 18.8. The largest absolute Gasteiger partial charge is 0.369 e. The normalized spacial score (nSPS) is 15.4. The van der Waals surface area contributed by atoms with Gasteiger partial charge >= 0.3 is 0 Å². The lowest BCUT2D eigenvalue weighted by Crippen LogP contribution is -2.46. The highest BCUT2D eigenvalue weighted by Gasteiger charge is 2.19. The summed E-state index contributed by atoms with van der Waals surface area (Å²) in [6.07, 6.45) is 0.944. The monoisotopic (exact) mass is 361 g/mol. The second kappa shape index (κ2) is 7.57. The first-order valence-corrected chi connectivity index (χ1v) is 9.82. The summed E-state index contributed by atoms with van der Waals surface area (Å²) < 4.78 is 0. The Kier molecular flexibility index (Phi) is 4.99. The van der Waals surface area contributed by atoms with E-state index in [1.807, 2.05) is 19.1 Å². The number of H-pyrrole nitrogens is 1. The predicted octanol–water partition coefficient (Wildman–Crippen LogP) is 3.72. The van der Waals surface area contributed by atoms with E-state index in [1.165, 1.54) is 11.3 Å². The number of pyridine rings is 1. The second-order valence-electron chi connectivity index (χ2n) is 7.39. The van der Waals surface area contributed by atoms with E-state index in [9.17, 15) is 4.79 Å². The Morgan fingerprint density at radius 3 is 2.44 bits per heavy atom. The maximum atomic E-state index is 13.1. The number of rotatable bonds is 4. The summed E-state index contributed by atoms with van der Waals surface area (Å²) in [6, 6.07) is 16.7. The molecule has 0 radical (unpaired) electrons. The third kappa shape index (κ3) is 3.62. The van der Waals surface area contributed by atoms with Gasteiger partial charge in [0.05, 0.1) is 0 Å². The van der Waals surface area contributed by atoms with Crippen molar-refractivity contribution in [1.29, 1.82) is 0 Å². The average molecular weight is 361 g/mol. The van der Waals surface area contributed by atoms with Crippen molar-refractivity contribution in [3.63, 3.8) is 0 Å². The van der Waals surface area contributed by atoms with Crippen LogP contribution in [0.4, 0.5) is 5.69 Å². The summed E-state index contributed by atoms with van der Waals surface area (Å²) >= 11 is 0. The fourth-order valence-electron chi connectivity index (χ4n) is 3.94. The van der Waals surface area contributed by atoms with Gasteiger partial charge in [-0.15, -0.1) is 0 Å². The molecule has 1 aromatic heterocycles. The smallest absolute Gasteiger partial charge is 0.194 e. The fraction of sp³-hybridized carbons (Fsp3) is 0.348. The molecule has 0 bridgehead atoms. The van der Waals surface area contributed by atoms with Gasteiger partial charge in [-0.25, -0.2) is 0 Å². The maximum Gasteiger partial charge on any atom is 0.194 e. The van der Waals surface area contributed by atoms with Crippen LogP contribution < -0.4 is 10.3 Å². The molecule has 0 amide bonds. The number of para-hydroxylation sites is 1. The highest BCUT2D eigenvalue weighted by Crippen LogP contribution is 2.18. The Bertz CT molecular complexity index is 986. The molecule has 0 atom stereocenters. The van der Waals surface area contributed by atoms with Crippen molar-refractivity contribution >= 4 is 16.6 Å². The van der Waals surface area contributed by atoms with Crippen molar-refractivity contribution in [2.45, 2.75) is 26.8 Å². The minimum absolute atomic E-state index is 0.182. The molecule has 1 aliphatic rings. The predicted molar refractivity (Wildman–Crippen MR) is 113 cm³/mol. The van der Waals surface area contributed by atoms with Crippen molar-refractivity contribution in [3.05, 3.63) is 75.6 Å². The van der Waals surface area contributed by atoms with Gasteiger partial charge in [-0.05, 0) is 43.2 Å². The van der Waals surface area contributed by atoms with Crippen LogP contribution in [0.3, 0.4) is 0 Å². The molecule has 1 saturated heterocycles. The molecular formula is C23H27N3O. The Labute approximate surface area is 160 Å². The van der Waals surface area contributed by atoms with Crippen LogP contribution in [0.1, 0.15) is 23.7 Å². The van der Waals surface area contributed by atoms with Gasteiger partial charge in [0.2, 0.25) is 0 Å². The Morgan fingerprint density at radius 2 is 1.74 bits per heavy atom. The zero-order valence-electron chi connectivity index (χ0n) is 16.2. The number of aromatic amines is 1. The number of benzene rings is 2. The molecule has 4 heteroatoms.